The van der Waals surface area contributed by atoms with E-state index in [1.807, 2.05) is 13.8 Å². The molecule has 1 fully saturated rings. The van der Waals surface area contributed by atoms with Gasteiger partial charge in [0.25, 0.3) is 0 Å². The molecule has 1 heterocycles. The molecule has 4 nitrogen and oxygen atoms in total. The van der Waals surface area contributed by atoms with E-state index < -0.39 is 29.3 Å². The number of aliphatic hydroxyl groups is 2. The van der Waals surface area contributed by atoms with Crippen LogP contribution in [0.1, 0.15) is 34.1 Å². The lowest BCUT2D eigenvalue weighted by Gasteiger charge is -2.48. The molecule has 4 atom stereocenters. The van der Waals surface area contributed by atoms with Crippen LogP contribution in [0.2, 0.25) is 0 Å². The maximum absolute atomic E-state index is 11.6. The highest BCUT2D eigenvalue weighted by atomic mass is 16.6. The minimum Gasteiger partial charge on any atom is -0.388 e. The maximum Gasteiger partial charge on any atom is 0.156 e. The summed E-state index contributed by atoms with van der Waals surface area (Å²) >= 11 is 0. The summed E-state index contributed by atoms with van der Waals surface area (Å²) in [5.74, 6) is 0.0444. The second kappa shape index (κ2) is 3.64. The lowest BCUT2D eigenvalue weighted by molar-refractivity contribution is -0.144. The Labute approximate surface area is 101 Å². The van der Waals surface area contributed by atoms with Gasteiger partial charge in [0.1, 0.15) is 17.8 Å². The van der Waals surface area contributed by atoms with Crippen LogP contribution in [-0.2, 0) is 9.53 Å². The van der Waals surface area contributed by atoms with Gasteiger partial charge < -0.3 is 14.9 Å². The first-order valence-electron chi connectivity index (χ1n) is 5.98. The molecule has 2 aliphatic rings. The standard InChI is InChI=1S/C13H20O4/c1-7-5-9(14)6-12(3,4)13(7)11(16)10(15)8(2)17-13/h5,8,10-11,15-16H,6H2,1-4H3/t8-,10+,11-,13+/m0/s1. The zero-order valence-electron chi connectivity index (χ0n) is 10.7. The van der Waals surface area contributed by atoms with Crippen LogP contribution in [0.25, 0.3) is 0 Å². The summed E-state index contributed by atoms with van der Waals surface area (Å²) in [6.07, 6.45) is -0.483. The van der Waals surface area contributed by atoms with Crippen LogP contribution in [0.3, 0.4) is 0 Å². The van der Waals surface area contributed by atoms with Gasteiger partial charge in [-0.2, -0.15) is 0 Å². The van der Waals surface area contributed by atoms with Crippen molar-refractivity contribution in [1.82, 2.24) is 0 Å². The summed E-state index contributed by atoms with van der Waals surface area (Å²) in [4.78, 5) is 11.6. The van der Waals surface area contributed by atoms with Crippen LogP contribution in [-0.4, -0.2) is 39.9 Å². The molecular weight excluding hydrogens is 220 g/mol. The van der Waals surface area contributed by atoms with Crippen molar-refractivity contribution < 1.29 is 19.7 Å². The number of ketones is 1. The van der Waals surface area contributed by atoms with E-state index in [2.05, 4.69) is 0 Å². The average Bonchev–Trinajstić information content (AvgIpc) is 2.41. The summed E-state index contributed by atoms with van der Waals surface area (Å²) in [7, 11) is 0. The van der Waals surface area contributed by atoms with E-state index in [1.54, 1.807) is 13.8 Å². The number of ether oxygens (including phenoxy) is 1. The van der Waals surface area contributed by atoms with Crippen LogP contribution < -0.4 is 0 Å². The smallest absolute Gasteiger partial charge is 0.156 e. The van der Waals surface area contributed by atoms with Gasteiger partial charge in [-0.3, -0.25) is 4.79 Å². The number of carbonyl (C=O) groups is 1. The van der Waals surface area contributed by atoms with Crippen LogP contribution in [0.15, 0.2) is 11.6 Å². The maximum atomic E-state index is 11.6. The monoisotopic (exact) mass is 240 g/mol. The molecule has 4 heteroatoms. The zero-order valence-corrected chi connectivity index (χ0v) is 10.7. The molecule has 17 heavy (non-hydrogen) atoms. The van der Waals surface area contributed by atoms with Crippen LogP contribution in [0.5, 0.6) is 0 Å². The predicted molar refractivity (Wildman–Crippen MR) is 62.5 cm³/mol. The Morgan fingerprint density at radius 3 is 2.41 bits per heavy atom. The Balaban J connectivity index is 2.55. The molecule has 2 N–H and O–H groups in total. The Kier molecular flexibility index (Phi) is 2.73. The number of allylic oxidation sites excluding steroid dienone is 1. The van der Waals surface area contributed by atoms with E-state index >= 15 is 0 Å². The Bertz CT molecular complexity index is 385. The highest BCUT2D eigenvalue weighted by Gasteiger charge is 2.62. The molecule has 0 bridgehead atoms. The number of hydrogen-bond acceptors (Lipinski definition) is 4. The largest absolute Gasteiger partial charge is 0.388 e. The van der Waals surface area contributed by atoms with Gasteiger partial charge in [0, 0.05) is 11.8 Å². The summed E-state index contributed by atoms with van der Waals surface area (Å²) in [5, 5.41) is 20.2. The Morgan fingerprint density at radius 2 is 2.00 bits per heavy atom. The molecule has 0 amide bonds. The normalized spacial score (nSPS) is 45.2. The van der Waals surface area contributed by atoms with Crippen molar-refractivity contribution in [3.8, 4) is 0 Å². The molecule has 0 saturated carbocycles. The van der Waals surface area contributed by atoms with Gasteiger partial charge in [0.15, 0.2) is 5.78 Å². The second-order valence-corrected chi connectivity index (χ2v) is 5.85. The third-order valence-electron chi connectivity index (χ3n) is 4.18. The summed E-state index contributed by atoms with van der Waals surface area (Å²) < 4.78 is 5.87. The second-order valence-electron chi connectivity index (χ2n) is 5.85. The van der Waals surface area contributed by atoms with Crippen molar-refractivity contribution in [2.75, 3.05) is 0 Å². The lowest BCUT2D eigenvalue weighted by atomic mass is 9.62. The molecule has 1 aliphatic heterocycles. The highest BCUT2D eigenvalue weighted by molar-refractivity contribution is 5.92. The SMILES string of the molecule is CC1=CC(=O)CC(C)(C)[C@@]12O[C@@H](C)[C@@H](O)[C@@H]2O. The average molecular weight is 240 g/mol. The quantitative estimate of drug-likeness (QED) is 0.657. The van der Waals surface area contributed by atoms with Crippen LogP contribution in [0, 0.1) is 5.41 Å². The molecule has 1 aliphatic carbocycles. The molecule has 1 spiro atoms. The number of carbonyl (C=O) groups excluding carboxylic acids is 1. The van der Waals surface area contributed by atoms with Crippen molar-refractivity contribution >= 4 is 5.78 Å². The fraction of sp³-hybridized carbons (Fsp3) is 0.769. The van der Waals surface area contributed by atoms with Gasteiger partial charge >= 0.3 is 0 Å². The molecule has 2 rings (SSSR count). The van der Waals surface area contributed by atoms with E-state index in [1.165, 1.54) is 6.08 Å². The summed E-state index contributed by atoms with van der Waals surface area (Å²) in [5.41, 5.74) is -0.761. The molecule has 0 aromatic rings. The van der Waals surface area contributed by atoms with Gasteiger partial charge in [0.05, 0.1) is 6.10 Å². The van der Waals surface area contributed by atoms with Crippen molar-refractivity contribution in [2.24, 2.45) is 5.41 Å². The van der Waals surface area contributed by atoms with E-state index in [0.717, 1.165) is 0 Å². The van der Waals surface area contributed by atoms with E-state index in [9.17, 15) is 15.0 Å². The minimum atomic E-state index is -0.989. The fourth-order valence-corrected chi connectivity index (χ4v) is 3.32. The first-order valence-corrected chi connectivity index (χ1v) is 5.98. The first-order chi connectivity index (χ1) is 7.72. The third-order valence-corrected chi connectivity index (χ3v) is 4.18. The highest BCUT2D eigenvalue weighted by Crippen LogP contribution is 2.52. The zero-order chi connectivity index (χ0) is 13.0. The van der Waals surface area contributed by atoms with Crippen molar-refractivity contribution in [3.05, 3.63) is 11.6 Å². The van der Waals surface area contributed by atoms with Gasteiger partial charge in [-0.05, 0) is 25.5 Å². The van der Waals surface area contributed by atoms with Crippen LogP contribution in [0.4, 0.5) is 0 Å². The molecule has 96 valence electrons. The van der Waals surface area contributed by atoms with E-state index in [-0.39, 0.29) is 5.78 Å². The van der Waals surface area contributed by atoms with Crippen molar-refractivity contribution in [2.45, 2.75) is 58.0 Å². The van der Waals surface area contributed by atoms with Gasteiger partial charge in [-0.25, -0.2) is 0 Å². The number of rotatable bonds is 0. The summed E-state index contributed by atoms with van der Waals surface area (Å²) in [6, 6.07) is 0. The molecule has 0 radical (unpaired) electrons. The van der Waals surface area contributed by atoms with Crippen molar-refractivity contribution in [3.63, 3.8) is 0 Å². The molecule has 0 aromatic heterocycles. The Morgan fingerprint density at radius 1 is 1.41 bits per heavy atom. The van der Waals surface area contributed by atoms with Gasteiger partial charge in [-0.15, -0.1) is 0 Å². The van der Waals surface area contributed by atoms with Crippen molar-refractivity contribution in [1.29, 1.82) is 0 Å². The molecular formula is C13H20O4. The van der Waals surface area contributed by atoms with E-state index in [4.69, 9.17) is 4.74 Å². The molecule has 0 aromatic carbocycles. The first kappa shape index (κ1) is 12.7. The minimum absolute atomic E-state index is 0.0444. The predicted octanol–water partition coefficient (Wildman–Crippen LogP) is 0.811. The lowest BCUT2D eigenvalue weighted by Crippen LogP contribution is -2.57. The van der Waals surface area contributed by atoms with Gasteiger partial charge in [0.2, 0.25) is 0 Å². The molecule has 1 saturated heterocycles. The Hall–Kier alpha value is -0.710. The number of hydrogen-bond donors (Lipinski definition) is 2. The van der Waals surface area contributed by atoms with E-state index in [0.29, 0.717) is 12.0 Å². The summed E-state index contributed by atoms with van der Waals surface area (Å²) in [6.45, 7) is 7.32. The molecule has 0 unspecified atom stereocenters. The third kappa shape index (κ3) is 1.51. The fourth-order valence-electron chi connectivity index (χ4n) is 3.32. The number of aliphatic hydroxyl groups excluding tert-OH is 2. The topological polar surface area (TPSA) is 66.8 Å². The van der Waals surface area contributed by atoms with Crippen LogP contribution >= 0.6 is 0 Å². The van der Waals surface area contributed by atoms with Gasteiger partial charge in [-0.1, -0.05) is 13.8 Å².